The van der Waals surface area contributed by atoms with Gasteiger partial charge in [-0.15, -0.1) is 11.3 Å². The molecule has 1 aromatic heterocycles. The third kappa shape index (κ3) is 1.81. The number of nitrogens with one attached hydrogen (secondary N) is 1. The molecule has 2 rings (SSSR count). The fourth-order valence-electron chi connectivity index (χ4n) is 1.85. The molecule has 0 aromatic carbocycles. The van der Waals surface area contributed by atoms with Crippen molar-refractivity contribution in [2.24, 2.45) is 5.73 Å². The Balaban J connectivity index is 2.19. The van der Waals surface area contributed by atoms with E-state index in [1.165, 1.54) is 10.4 Å². The lowest BCUT2D eigenvalue weighted by Gasteiger charge is -2.27. The van der Waals surface area contributed by atoms with E-state index in [0.717, 1.165) is 6.42 Å². The average molecular weight is 210 g/mol. The summed E-state index contributed by atoms with van der Waals surface area (Å²) in [6.07, 6.45) is 1.31. The molecule has 76 valence electrons. The van der Waals surface area contributed by atoms with Gasteiger partial charge in [-0.1, -0.05) is 0 Å². The second-order valence-electron chi connectivity index (χ2n) is 3.79. The highest BCUT2D eigenvalue weighted by atomic mass is 32.1. The number of rotatable bonds is 1. The highest BCUT2D eigenvalue weighted by Gasteiger charge is 2.26. The van der Waals surface area contributed by atoms with Crippen molar-refractivity contribution in [2.75, 3.05) is 0 Å². The molecule has 2 heterocycles. The van der Waals surface area contributed by atoms with Crippen LogP contribution in [0.1, 0.15) is 29.3 Å². The molecule has 1 amide bonds. The first-order valence-electron chi connectivity index (χ1n) is 4.75. The van der Waals surface area contributed by atoms with Crippen LogP contribution in [0.3, 0.4) is 0 Å². The van der Waals surface area contributed by atoms with Gasteiger partial charge in [0.2, 0.25) is 5.91 Å². The topological polar surface area (TPSA) is 55.1 Å². The summed E-state index contributed by atoms with van der Waals surface area (Å²) in [5, 5.41) is 5.03. The van der Waals surface area contributed by atoms with Crippen molar-refractivity contribution in [3.8, 4) is 0 Å². The average Bonchev–Trinajstić information content (AvgIpc) is 2.49. The number of nitrogens with two attached hydrogens (primary N) is 1. The molecular weight excluding hydrogens is 196 g/mol. The van der Waals surface area contributed by atoms with Gasteiger partial charge in [-0.05, 0) is 30.4 Å². The van der Waals surface area contributed by atoms with Crippen LogP contribution < -0.4 is 11.1 Å². The lowest BCUT2D eigenvalue weighted by atomic mass is 9.97. The third-order valence-corrected chi connectivity index (χ3v) is 3.67. The zero-order chi connectivity index (χ0) is 10.1. The summed E-state index contributed by atoms with van der Waals surface area (Å²) in [6, 6.07) is 2.22. The first-order chi connectivity index (χ1) is 6.66. The van der Waals surface area contributed by atoms with Crippen molar-refractivity contribution >= 4 is 17.2 Å². The minimum Gasteiger partial charge on any atom is -0.348 e. The van der Waals surface area contributed by atoms with Crippen LogP contribution in [-0.4, -0.2) is 11.9 Å². The summed E-state index contributed by atoms with van der Waals surface area (Å²) in [6.45, 7) is 2.07. The van der Waals surface area contributed by atoms with Gasteiger partial charge in [0.1, 0.15) is 0 Å². The van der Waals surface area contributed by atoms with Crippen molar-refractivity contribution < 1.29 is 4.79 Å². The molecule has 0 bridgehead atoms. The maximum atomic E-state index is 11.3. The van der Waals surface area contributed by atoms with Gasteiger partial charge in [0.05, 0.1) is 6.04 Å². The van der Waals surface area contributed by atoms with E-state index in [0.29, 0.717) is 6.42 Å². The van der Waals surface area contributed by atoms with Gasteiger partial charge in [0, 0.05) is 17.3 Å². The molecule has 1 aromatic rings. The van der Waals surface area contributed by atoms with Crippen molar-refractivity contribution in [2.45, 2.75) is 31.8 Å². The van der Waals surface area contributed by atoms with E-state index in [9.17, 15) is 4.79 Å². The van der Waals surface area contributed by atoms with E-state index in [1.54, 1.807) is 11.3 Å². The first-order valence-corrected chi connectivity index (χ1v) is 5.63. The normalized spacial score (nSPS) is 27.4. The standard InChI is InChI=1S/C10H14N2OS/c1-6-2-3-14-10(6)8-4-7(11)5-9(13)12-8/h2-3,7-8H,4-5,11H2,1H3,(H,12,13). The Morgan fingerprint density at radius 1 is 1.64 bits per heavy atom. The van der Waals surface area contributed by atoms with E-state index in [-0.39, 0.29) is 18.0 Å². The lowest BCUT2D eigenvalue weighted by Crippen LogP contribution is -2.42. The minimum absolute atomic E-state index is 0.00949. The van der Waals surface area contributed by atoms with Crippen LogP contribution in [0, 0.1) is 6.92 Å². The van der Waals surface area contributed by atoms with Crippen molar-refractivity contribution in [3.63, 3.8) is 0 Å². The smallest absolute Gasteiger partial charge is 0.222 e. The van der Waals surface area contributed by atoms with Crippen molar-refractivity contribution in [1.82, 2.24) is 5.32 Å². The predicted molar refractivity (Wildman–Crippen MR) is 57.1 cm³/mol. The Morgan fingerprint density at radius 3 is 3.00 bits per heavy atom. The molecule has 1 aliphatic rings. The third-order valence-electron chi connectivity index (χ3n) is 2.54. The van der Waals surface area contributed by atoms with E-state index < -0.39 is 0 Å². The number of aryl methyl sites for hydroxylation is 1. The molecule has 0 aliphatic carbocycles. The summed E-state index contributed by atoms with van der Waals surface area (Å²) in [5.41, 5.74) is 7.06. The number of piperidine rings is 1. The Kier molecular flexibility index (Phi) is 2.56. The first kappa shape index (κ1) is 9.68. The molecule has 14 heavy (non-hydrogen) atoms. The van der Waals surface area contributed by atoms with Gasteiger partial charge in [-0.25, -0.2) is 0 Å². The molecule has 0 spiro atoms. The molecule has 2 atom stereocenters. The quantitative estimate of drug-likeness (QED) is 0.735. The molecule has 1 saturated heterocycles. The molecule has 1 fully saturated rings. The zero-order valence-electron chi connectivity index (χ0n) is 8.12. The van der Waals surface area contributed by atoms with Gasteiger partial charge in [-0.3, -0.25) is 4.79 Å². The van der Waals surface area contributed by atoms with Crippen LogP contribution in [-0.2, 0) is 4.79 Å². The summed E-state index contributed by atoms with van der Waals surface area (Å²) < 4.78 is 0. The Bertz CT molecular complexity index is 348. The summed E-state index contributed by atoms with van der Waals surface area (Å²) in [7, 11) is 0. The second kappa shape index (κ2) is 3.71. The predicted octanol–water partition coefficient (Wildman–Crippen LogP) is 1.33. The summed E-state index contributed by atoms with van der Waals surface area (Å²) in [4.78, 5) is 12.5. The van der Waals surface area contributed by atoms with Gasteiger partial charge >= 0.3 is 0 Å². The largest absolute Gasteiger partial charge is 0.348 e. The lowest BCUT2D eigenvalue weighted by molar-refractivity contribution is -0.123. The minimum atomic E-state index is 0.00949. The second-order valence-corrected chi connectivity index (χ2v) is 4.74. The van der Waals surface area contributed by atoms with E-state index >= 15 is 0 Å². The van der Waals surface area contributed by atoms with Crippen molar-refractivity contribution in [3.05, 3.63) is 21.9 Å². The fourth-order valence-corrected chi connectivity index (χ4v) is 2.84. The molecule has 3 nitrogen and oxygen atoms in total. The summed E-state index contributed by atoms with van der Waals surface area (Å²) in [5.74, 6) is 0.0709. The molecule has 0 radical (unpaired) electrons. The maximum Gasteiger partial charge on any atom is 0.222 e. The van der Waals surface area contributed by atoms with Crippen LogP contribution in [0.5, 0.6) is 0 Å². The maximum absolute atomic E-state index is 11.3. The zero-order valence-corrected chi connectivity index (χ0v) is 8.93. The number of amides is 1. The highest BCUT2D eigenvalue weighted by Crippen LogP contribution is 2.29. The molecule has 3 N–H and O–H groups in total. The molecule has 1 aliphatic heterocycles. The number of hydrogen-bond acceptors (Lipinski definition) is 3. The fraction of sp³-hybridized carbons (Fsp3) is 0.500. The van der Waals surface area contributed by atoms with Crippen molar-refractivity contribution in [1.29, 1.82) is 0 Å². The number of hydrogen-bond donors (Lipinski definition) is 2. The van der Waals surface area contributed by atoms with Crippen LogP contribution in [0.15, 0.2) is 11.4 Å². The number of carbonyl (C=O) groups is 1. The van der Waals surface area contributed by atoms with E-state index in [4.69, 9.17) is 5.73 Å². The van der Waals surface area contributed by atoms with Crippen LogP contribution in [0.25, 0.3) is 0 Å². The van der Waals surface area contributed by atoms with E-state index in [2.05, 4.69) is 23.7 Å². The Morgan fingerprint density at radius 2 is 2.43 bits per heavy atom. The molecular formula is C10H14N2OS. The van der Waals surface area contributed by atoms with E-state index in [1.807, 2.05) is 0 Å². The molecule has 4 heteroatoms. The Hall–Kier alpha value is -0.870. The van der Waals surface area contributed by atoms with Gasteiger partial charge in [0.15, 0.2) is 0 Å². The van der Waals surface area contributed by atoms with Crippen LogP contribution >= 0.6 is 11.3 Å². The molecule has 2 unspecified atom stereocenters. The van der Waals surface area contributed by atoms with Crippen LogP contribution in [0.2, 0.25) is 0 Å². The molecule has 0 saturated carbocycles. The van der Waals surface area contributed by atoms with Gasteiger partial charge < -0.3 is 11.1 Å². The van der Waals surface area contributed by atoms with Gasteiger partial charge in [-0.2, -0.15) is 0 Å². The highest BCUT2D eigenvalue weighted by molar-refractivity contribution is 7.10. The number of carbonyl (C=O) groups excluding carboxylic acids is 1. The van der Waals surface area contributed by atoms with Crippen LogP contribution in [0.4, 0.5) is 0 Å². The Labute approximate surface area is 87.3 Å². The van der Waals surface area contributed by atoms with Gasteiger partial charge in [0.25, 0.3) is 0 Å². The number of thiophene rings is 1. The SMILES string of the molecule is Cc1ccsc1C1CC(N)CC(=O)N1. The summed E-state index contributed by atoms with van der Waals surface area (Å²) >= 11 is 1.69. The monoisotopic (exact) mass is 210 g/mol.